The summed E-state index contributed by atoms with van der Waals surface area (Å²) < 4.78 is 4.73. The Hall–Kier alpha value is 1.56. The molecule has 0 atom stereocenters. The van der Waals surface area contributed by atoms with Crippen LogP contribution >= 0.6 is 0 Å². The van der Waals surface area contributed by atoms with E-state index in [1.54, 1.807) is 16.6 Å². The summed E-state index contributed by atoms with van der Waals surface area (Å²) >= 11 is 3.48. The Balaban J connectivity index is 0. The van der Waals surface area contributed by atoms with Gasteiger partial charge in [-0.05, 0) is 6.61 Å². The fraction of sp³-hybridized carbons (Fsp3) is 1.00. The molecule has 4 radical (unpaired) electrons. The summed E-state index contributed by atoms with van der Waals surface area (Å²) in [5.41, 5.74) is 0. The summed E-state index contributed by atoms with van der Waals surface area (Å²) in [7, 11) is 0. The van der Waals surface area contributed by atoms with Crippen molar-refractivity contribution in [2.24, 2.45) is 0 Å². The van der Waals surface area contributed by atoms with Gasteiger partial charge in [0, 0.05) is 0 Å². The van der Waals surface area contributed by atoms with Crippen molar-refractivity contribution in [3.8, 4) is 0 Å². The molecule has 6 heavy (non-hydrogen) atoms. The van der Waals surface area contributed by atoms with Crippen molar-refractivity contribution in [1.29, 1.82) is 0 Å². The minimum absolute atomic E-state index is 0. The first-order valence-corrected chi connectivity index (χ1v) is 3.15. The molecule has 4 heteroatoms. The zero-order valence-corrected chi connectivity index (χ0v) is 8.19. The first-order valence-electron chi connectivity index (χ1n) is 1.58. The highest BCUT2D eigenvalue weighted by Gasteiger charge is 1.66. The van der Waals surface area contributed by atoms with Crippen LogP contribution in [0.3, 0.4) is 0 Å². The Bertz CT molecular complexity index is 16.3. The molecule has 0 heterocycles. The lowest BCUT2D eigenvalue weighted by Gasteiger charge is -1.87. The summed E-state index contributed by atoms with van der Waals surface area (Å²) in [5.74, 6) is 0. The second-order valence-electron chi connectivity index (χ2n) is 0.762. The molecule has 0 N–H and O–H groups in total. The van der Waals surface area contributed by atoms with Gasteiger partial charge in [-0.1, -0.05) is 5.28 Å². The van der Waals surface area contributed by atoms with E-state index >= 15 is 0 Å². The SMILES string of the molecule is [AlH].[AlH][CH2]C[O][AlH]. The van der Waals surface area contributed by atoms with Crippen molar-refractivity contribution in [1.82, 2.24) is 0 Å². The smallest absolute Gasteiger partial charge is 0.394 e. The maximum Gasteiger partial charge on any atom is 0.394 e. The van der Waals surface area contributed by atoms with Crippen LogP contribution in [0.2, 0.25) is 5.28 Å². The van der Waals surface area contributed by atoms with Gasteiger partial charge >= 0.3 is 16.6 Å². The van der Waals surface area contributed by atoms with Crippen molar-refractivity contribution in [3.63, 3.8) is 0 Å². The third-order valence-corrected chi connectivity index (χ3v) is 0.866. The lowest BCUT2D eigenvalue weighted by atomic mass is 10.9. The fourth-order valence-electron chi connectivity index (χ4n) is 0.102. The first kappa shape index (κ1) is 10.5. The van der Waals surface area contributed by atoms with Gasteiger partial charge in [0.2, 0.25) is 0 Å². The first-order chi connectivity index (χ1) is 2.41. The standard InChI is InChI=1S/C2H4O.3Al.3H/c1-2-3;;;;;;/h1-2H2;;;;;;/q-1;;;+1;;;. The summed E-state index contributed by atoms with van der Waals surface area (Å²) in [6, 6.07) is 0. The van der Waals surface area contributed by atoms with Crippen LogP contribution in [0.15, 0.2) is 0 Å². The van der Waals surface area contributed by atoms with Crippen LogP contribution in [0.4, 0.5) is 0 Å². The molecule has 1 nitrogen and oxygen atoms in total. The molecular formula is C2H7Al3O. The summed E-state index contributed by atoms with van der Waals surface area (Å²) in [5, 5.41) is 1.16. The average Bonchev–Trinajstić information content (AvgIpc) is 1.41. The maximum atomic E-state index is 4.73. The number of hydrogen-bond acceptors (Lipinski definition) is 1. The molecular weight excluding hydrogens is 121 g/mol. The molecule has 0 spiro atoms. The molecule has 0 fully saturated rings. The summed E-state index contributed by atoms with van der Waals surface area (Å²) in [6.07, 6.45) is 0. The molecule has 0 aliphatic carbocycles. The zero-order chi connectivity index (χ0) is 4.12. The van der Waals surface area contributed by atoms with E-state index < -0.39 is 0 Å². The van der Waals surface area contributed by atoms with Crippen molar-refractivity contribution < 1.29 is 3.79 Å². The van der Waals surface area contributed by atoms with E-state index in [4.69, 9.17) is 3.79 Å². The highest BCUT2D eigenvalue weighted by atomic mass is 27.1. The number of rotatable bonds is 2. The van der Waals surface area contributed by atoms with Gasteiger partial charge in [0.1, 0.15) is 0 Å². The normalized spacial score (nSPS) is 6.67. The molecule has 0 unspecified atom stereocenters. The Morgan fingerprint density at radius 3 is 2.00 bits per heavy atom. The third-order valence-electron chi connectivity index (χ3n) is 0.289. The van der Waals surface area contributed by atoms with E-state index in [1.165, 1.54) is 0 Å². The predicted molar refractivity (Wildman–Crippen MR) is 32.2 cm³/mol. The van der Waals surface area contributed by atoms with Gasteiger partial charge in [0.15, 0.2) is 16.3 Å². The van der Waals surface area contributed by atoms with Crippen LogP contribution in [0.1, 0.15) is 0 Å². The van der Waals surface area contributed by atoms with Crippen molar-refractivity contribution >= 4 is 50.3 Å². The molecule has 0 aromatic rings. The van der Waals surface area contributed by atoms with Gasteiger partial charge in [0.05, 0.1) is 17.4 Å². The maximum absolute atomic E-state index is 4.73. The summed E-state index contributed by atoms with van der Waals surface area (Å²) in [4.78, 5) is 0. The minimum Gasteiger partial charge on any atom is -0.511 e. The van der Waals surface area contributed by atoms with E-state index in [0.717, 1.165) is 11.9 Å². The topological polar surface area (TPSA) is 9.23 Å². The van der Waals surface area contributed by atoms with E-state index in [1.807, 2.05) is 16.3 Å². The zero-order valence-electron chi connectivity index (χ0n) is 3.94. The van der Waals surface area contributed by atoms with E-state index in [-0.39, 0.29) is 17.4 Å². The quantitative estimate of drug-likeness (QED) is 0.411. The second-order valence-corrected chi connectivity index (χ2v) is 1.88. The van der Waals surface area contributed by atoms with Crippen LogP contribution in [0, 0.1) is 0 Å². The van der Waals surface area contributed by atoms with Crippen molar-refractivity contribution in [3.05, 3.63) is 0 Å². The average molecular weight is 128 g/mol. The van der Waals surface area contributed by atoms with Gasteiger partial charge in [0.25, 0.3) is 0 Å². The van der Waals surface area contributed by atoms with Crippen LogP contribution in [0.25, 0.3) is 0 Å². The fourth-order valence-corrected chi connectivity index (χ4v) is 0.919. The molecule has 0 aromatic carbocycles. The molecule has 0 amide bonds. The second kappa shape index (κ2) is 9.75. The monoisotopic (exact) mass is 128 g/mol. The Labute approximate surface area is 65.8 Å². The largest absolute Gasteiger partial charge is 0.511 e. The highest BCUT2D eigenvalue weighted by Crippen LogP contribution is 1.66. The molecule has 0 saturated carbocycles. The van der Waals surface area contributed by atoms with Gasteiger partial charge < -0.3 is 3.79 Å². The van der Waals surface area contributed by atoms with Crippen molar-refractivity contribution in [2.45, 2.75) is 5.28 Å². The highest BCUT2D eigenvalue weighted by molar-refractivity contribution is 6.08. The van der Waals surface area contributed by atoms with Crippen molar-refractivity contribution in [2.75, 3.05) is 6.61 Å². The number of hydrogen-bond donors (Lipinski definition) is 0. The lowest BCUT2D eigenvalue weighted by molar-refractivity contribution is 0.376. The molecule has 0 aliphatic rings. The summed E-state index contributed by atoms with van der Waals surface area (Å²) in [6.45, 7) is 0.914. The van der Waals surface area contributed by atoms with Gasteiger partial charge in [-0.2, -0.15) is 0 Å². The molecule has 30 valence electrons. The van der Waals surface area contributed by atoms with Gasteiger partial charge in [-0.3, -0.25) is 0 Å². The van der Waals surface area contributed by atoms with E-state index in [0.29, 0.717) is 0 Å². The van der Waals surface area contributed by atoms with Gasteiger partial charge in [-0.15, -0.1) is 0 Å². The Morgan fingerprint density at radius 2 is 2.00 bits per heavy atom. The molecule has 0 bridgehead atoms. The predicted octanol–water partition coefficient (Wildman–Crippen LogP) is -1.51. The molecule has 0 aliphatic heterocycles. The molecule has 0 rings (SSSR count). The van der Waals surface area contributed by atoms with Crippen LogP contribution in [0.5, 0.6) is 0 Å². The van der Waals surface area contributed by atoms with Crippen LogP contribution < -0.4 is 0 Å². The van der Waals surface area contributed by atoms with E-state index in [9.17, 15) is 0 Å². The van der Waals surface area contributed by atoms with Crippen LogP contribution in [-0.2, 0) is 3.79 Å². The molecule has 0 saturated heterocycles. The van der Waals surface area contributed by atoms with E-state index in [2.05, 4.69) is 0 Å². The van der Waals surface area contributed by atoms with Crippen LogP contribution in [-0.4, -0.2) is 56.9 Å². The Morgan fingerprint density at radius 1 is 1.50 bits per heavy atom. The lowest BCUT2D eigenvalue weighted by Crippen LogP contribution is -1.84. The Kier molecular flexibility index (Phi) is 17.1. The minimum atomic E-state index is 0. The molecule has 0 aromatic heterocycles. The van der Waals surface area contributed by atoms with Gasteiger partial charge in [-0.25, -0.2) is 0 Å². The third kappa shape index (κ3) is 9.12.